The van der Waals surface area contributed by atoms with Crippen LogP contribution in [0.3, 0.4) is 0 Å². The molecule has 1 aromatic rings. The number of hydrogen-bond acceptors (Lipinski definition) is 6. The van der Waals surface area contributed by atoms with Crippen LogP contribution in [0.1, 0.15) is 39.0 Å². The summed E-state index contributed by atoms with van der Waals surface area (Å²) in [5, 5.41) is 2.72. The van der Waals surface area contributed by atoms with E-state index in [9.17, 15) is 14.4 Å². The number of carbonyl (C=O) groups excluding carboxylic acids is 3. The van der Waals surface area contributed by atoms with E-state index in [1.807, 2.05) is 0 Å². The standard InChI is InChI=1S/C15H23N3O4S/c1-2-3-4-7-17-13(19)5-6-14(20)23-11-10-22-15(21)18-9-8-16-12-18/h8-9,12H,2-7,10-11H2,1H3,(H,17,19). The molecule has 1 N–H and O–H groups in total. The molecule has 0 saturated heterocycles. The van der Waals surface area contributed by atoms with E-state index >= 15 is 0 Å². The summed E-state index contributed by atoms with van der Waals surface area (Å²) in [5.74, 6) is 0.277. The zero-order valence-corrected chi connectivity index (χ0v) is 14.1. The highest BCUT2D eigenvalue weighted by molar-refractivity contribution is 8.13. The van der Waals surface area contributed by atoms with Crippen molar-refractivity contribution < 1.29 is 19.1 Å². The highest BCUT2D eigenvalue weighted by Crippen LogP contribution is 2.07. The summed E-state index contributed by atoms with van der Waals surface area (Å²) in [4.78, 5) is 38.3. The summed E-state index contributed by atoms with van der Waals surface area (Å²) >= 11 is 1.07. The van der Waals surface area contributed by atoms with E-state index in [1.165, 1.54) is 23.3 Å². The van der Waals surface area contributed by atoms with Gasteiger partial charge in [0.05, 0.1) is 0 Å². The third-order valence-corrected chi connectivity index (χ3v) is 3.84. The van der Waals surface area contributed by atoms with E-state index < -0.39 is 6.09 Å². The lowest BCUT2D eigenvalue weighted by molar-refractivity contribution is -0.123. The first-order valence-electron chi connectivity index (χ1n) is 7.71. The number of aromatic nitrogens is 2. The Morgan fingerprint density at radius 3 is 2.78 bits per heavy atom. The first-order valence-corrected chi connectivity index (χ1v) is 8.69. The van der Waals surface area contributed by atoms with E-state index in [0.717, 1.165) is 31.0 Å². The number of rotatable bonds is 10. The SMILES string of the molecule is CCCCCNC(=O)CCC(=O)SCCOC(=O)n1ccnc1. The van der Waals surface area contributed by atoms with Gasteiger partial charge < -0.3 is 10.1 Å². The van der Waals surface area contributed by atoms with Gasteiger partial charge >= 0.3 is 6.09 Å². The third kappa shape index (κ3) is 9.02. The normalized spacial score (nSPS) is 10.3. The molecule has 1 rings (SSSR count). The van der Waals surface area contributed by atoms with Gasteiger partial charge in [-0.2, -0.15) is 0 Å². The number of unbranched alkanes of at least 4 members (excludes halogenated alkanes) is 2. The van der Waals surface area contributed by atoms with Crippen LogP contribution in [0.25, 0.3) is 0 Å². The van der Waals surface area contributed by atoms with Gasteiger partial charge in [-0.05, 0) is 6.42 Å². The van der Waals surface area contributed by atoms with Crippen LogP contribution in [-0.4, -0.2) is 45.6 Å². The fraction of sp³-hybridized carbons (Fsp3) is 0.600. The fourth-order valence-corrected chi connectivity index (χ4v) is 2.35. The predicted octanol–water partition coefficient (Wildman–Crippen LogP) is 2.21. The molecule has 128 valence electrons. The van der Waals surface area contributed by atoms with Crippen molar-refractivity contribution in [3.8, 4) is 0 Å². The van der Waals surface area contributed by atoms with E-state index in [1.54, 1.807) is 0 Å². The molecule has 0 spiro atoms. The summed E-state index contributed by atoms with van der Waals surface area (Å²) in [7, 11) is 0. The van der Waals surface area contributed by atoms with Crippen molar-refractivity contribution >= 4 is 28.9 Å². The highest BCUT2D eigenvalue weighted by atomic mass is 32.2. The third-order valence-electron chi connectivity index (χ3n) is 2.95. The molecule has 0 aliphatic heterocycles. The molecule has 0 saturated carbocycles. The summed E-state index contributed by atoms with van der Waals surface area (Å²) in [6.45, 7) is 2.90. The molecule has 1 heterocycles. The van der Waals surface area contributed by atoms with Crippen LogP contribution in [0.15, 0.2) is 18.7 Å². The number of imidazole rings is 1. The van der Waals surface area contributed by atoms with E-state index in [2.05, 4.69) is 17.2 Å². The summed E-state index contributed by atoms with van der Waals surface area (Å²) < 4.78 is 6.19. The minimum absolute atomic E-state index is 0.0765. The van der Waals surface area contributed by atoms with Crippen molar-refractivity contribution in [1.82, 2.24) is 14.9 Å². The van der Waals surface area contributed by atoms with Crippen molar-refractivity contribution in [3.05, 3.63) is 18.7 Å². The molecular formula is C15H23N3O4S. The Bertz CT molecular complexity index is 491. The van der Waals surface area contributed by atoms with Crippen LogP contribution in [-0.2, 0) is 14.3 Å². The Morgan fingerprint density at radius 1 is 1.26 bits per heavy atom. The number of nitrogens with one attached hydrogen (secondary N) is 1. The van der Waals surface area contributed by atoms with Gasteiger partial charge in [0.15, 0.2) is 5.12 Å². The van der Waals surface area contributed by atoms with Gasteiger partial charge in [-0.15, -0.1) is 0 Å². The predicted molar refractivity (Wildman–Crippen MR) is 88.2 cm³/mol. The largest absolute Gasteiger partial charge is 0.448 e. The van der Waals surface area contributed by atoms with Gasteiger partial charge in [0, 0.05) is 37.5 Å². The van der Waals surface area contributed by atoms with Crippen LogP contribution < -0.4 is 5.32 Å². The second kappa shape index (κ2) is 11.7. The first-order chi connectivity index (χ1) is 11.1. The Kier molecular flexibility index (Phi) is 9.78. The lowest BCUT2D eigenvalue weighted by Gasteiger charge is -2.05. The van der Waals surface area contributed by atoms with E-state index in [-0.39, 0.29) is 30.5 Å². The molecule has 0 bridgehead atoms. The molecule has 8 heteroatoms. The minimum atomic E-state index is -0.526. The number of ether oxygens (including phenoxy) is 1. The number of thioether (sulfide) groups is 1. The maximum absolute atomic E-state index is 11.6. The minimum Gasteiger partial charge on any atom is -0.448 e. The van der Waals surface area contributed by atoms with Gasteiger partial charge in [-0.25, -0.2) is 14.3 Å². The quantitative estimate of drug-likeness (QED) is 0.656. The molecule has 0 aromatic carbocycles. The Morgan fingerprint density at radius 2 is 2.09 bits per heavy atom. The zero-order valence-electron chi connectivity index (χ0n) is 13.3. The Hall–Kier alpha value is -1.83. The summed E-state index contributed by atoms with van der Waals surface area (Å²) in [6.07, 6.45) is 7.34. The number of hydrogen-bond donors (Lipinski definition) is 1. The molecule has 0 fully saturated rings. The van der Waals surface area contributed by atoms with Crippen molar-refractivity contribution in [2.75, 3.05) is 18.9 Å². The molecule has 1 amide bonds. The molecule has 1 aromatic heterocycles. The smallest absolute Gasteiger partial charge is 0.419 e. The first kappa shape index (κ1) is 19.2. The van der Waals surface area contributed by atoms with Crippen LogP contribution in [0.4, 0.5) is 4.79 Å². The van der Waals surface area contributed by atoms with Gasteiger partial charge in [0.1, 0.15) is 12.9 Å². The average Bonchev–Trinajstić information content (AvgIpc) is 3.08. The lowest BCUT2D eigenvalue weighted by Crippen LogP contribution is -2.24. The topological polar surface area (TPSA) is 90.3 Å². The number of nitrogens with zero attached hydrogens (tertiary/aromatic N) is 2. The molecule has 0 atom stereocenters. The Labute approximate surface area is 140 Å². The van der Waals surface area contributed by atoms with Crippen LogP contribution in [0, 0.1) is 0 Å². The highest BCUT2D eigenvalue weighted by Gasteiger charge is 2.09. The second-order valence-electron chi connectivity index (χ2n) is 4.86. The van der Waals surface area contributed by atoms with Gasteiger partial charge in [-0.1, -0.05) is 31.5 Å². The molecule has 23 heavy (non-hydrogen) atoms. The van der Waals surface area contributed by atoms with E-state index in [0.29, 0.717) is 12.3 Å². The van der Waals surface area contributed by atoms with Crippen molar-refractivity contribution in [1.29, 1.82) is 0 Å². The fourth-order valence-electron chi connectivity index (χ4n) is 1.71. The molecule has 7 nitrogen and oxygen atoms in total. The van der Waals surface area contributed by atoms with Gasteiger partial charge in [0.2, 0.25) is 5.91 Å². The number of amides is 1. The average molecular weight is 341 g/mol. The maximum atomic E-state index is 11.6. The van der Waals surface area contributed by atoms with Crippen molar-refractivity contribution in [2.45, 2.75) is 39.0 Å². The molecule has 0 aliphatic carbocycles. The van der Waals surface area contributed by atoms with E-state index in [4.69, 9.17) is 4.74 Å². The van der Waals surface area contributed by atoms with Crippen molar-refractivity contribution in [3.63, 3.8) is 0 Å². The molecule has 0 unspecified atom stereocenters. The molecule has 0 radical (unpaired) electrons. The van der Waals surface area contributed by atoms with Gasteiger partial charge in [0.25, 0.3) is 0 Å². The number of carbonyl (C=O) groups is 3. The maximum Gasteiger partial charge on any atom is 0.419 e. The van der Waals surface area contributed by atoms with Crippen LogP contribution in [0.2, 0.25) is 0 Å². The Balaban J connectivity index is 2.01. The van der Waals surface area contributed by atoms with Crippen LogP contribution in [0.5, 0.6) is 0 Å². The summed E-state index contributed by atoms with van der Waals surface area (Å²) in [6, 6.07) is 0. The lowest BCUT2D eigenvalue weighted by atomic mass is 10.2. The molecule has 0 aliphatic rings. The van der Waals surface area contributed by atoms with Gasteiger partial charge in [-0.3, -0.25) is 9.59 Å². The van der Waals surface area contributed by atoms with Crippen molar-refractivity contribution in [2.24, 2.45) is 0 Å². The van der Waals surface area contributed by atoms with Crippen LogP contribution >= 0.6 is 11.8 Å². The summed E-state index contributed by atoms with van der Waals surface area (Å²) in [5.41, 5.74) is 0. The zero-order chi connectivity index (χ0) is 16.9. The monoisotopic (exact) mass is 341 g/mol. The second-order valence-corrected chi connectivity index (χ2v) is 6.01. The molecular weight excluding hydrogens is 318 g/mol.